The monoisotopic (exact) mass is 220 g/mol. The van der Waals surface area contributed by atoms with E-state index in [2.05, 4.69) is 24.3 Å². The molecule has 1 aromatic rings. The molecular formula is C16H12O. The molecule has 1 nitrogen and oxygen atoms in total. The van der Waals surface area contributed by atoms with Crippen molar-refractivity contribution < 1.29 is 4.79 Å². The molecule has 0 fully saturated rings. The average molecular weight is 220 g/mol. The molecule has 3 aliphatic rings. The highest BCUT2D eigenvalue weighted by Crippen LogP contribution is 2.39. The van der Waals surface area contributed by atoms with Crippen LogP contribution >= 0.6 is 0 Å². The predicted octanol–water partition coefficient (Wildman–Crippen LogP) is 1.62. The van der Waals surface area contributed by atoms with Gasteiger partial charge in [0.15, 0.2) is 5.78 Å². The van der Waals surface area contributed by atoms with Crippen LogP contribution in [0.5, 0.6) is 0 Å². The molecule has 3 aliphatic carbocycles. The zero-order valence-corrected chi connectivity index (χ0v) is 9.49. The van der Waals surface area contributed by atoms with E-state index >= 15 is 0 Å². The Morgan fingerprint density at radius 1 is 0.882 bits per heavy atom. The van der Waals surface area contributed by atoms with E-state index in [0.717, 1.165) is 24.8 Å². The van der Waals surface area contributed by atoms with Crippen LogP contribution in [0.4, 0.5) is 0 Å². The average Bonchev–Trinajstić information content (AvgIpc) is 2.70. The normalized spacial score (nSPS) is 20.8. The Morgan fingerprint density at radius 2 is 1.65 bits per heavy atom. The molecule has 0 aromatic heterocycles. The third kappa shape index (κ3) is 1.06. The van der Waals surface area contributed by atoms with Crippen LogP contribution in [0, 0.1) is 0 Å². The lowest BCUT2D eigenvalue weighted by molar-refractivity contribution is -0.111. The molecule has 1 aromatic carbocycles. The van der Waals surface area contributed by atoms with Gasteiger partial charge in [-0.25, -0.2) is 0 Å². The Balaban J connectivity index is 2.25. The number of hydrogen-bond acceptors (Lipinski definition) is 1. The summed E-state index contributed by atoms with van der Waals surface area (Å²) in [6.07, 6.45) is 6.90. The maximum atomic E-state index is 11.9. The first kappa shape index (κ1) is 9.17. The van der Waals surface area contributed by atoms with E-state index < -0.39 is 0 Å². The highest BCUT2D eigenvalue weighted by Gasteiger charge is 2.29. The number of hydrogen-bond donors (Lipinski definition) is 0. The first-order valence-electron chi connectivity index (χ1n) is 6.15. The molecule has 17 heavy (non-hydrogen) atoms. The summed E-state index contributed by atoms with van der Waals surface area (Å²) in [7, 11) is 0. The number of benzene rings is 1. The van der Waals surface area contributed by atoms with E-state index in [4.69, 9.17) is 0 Å². The second-order valence-electron chi connectivity index (χ2n) is 4.84. The second kappa shape index (κ2) is 3.07. The molecule has 0 bridgehead atoms. The molecule has 0 aliphatic heterocycles. The maximum absolute atomic E-state index is 11.9. The molecule has 0 unspecified atom stereocenters. The Hall–Kier alpha value is -1.89. The predicted molar refractivity (Wildman–Crippen MR) is 67.5 cm³/mol. The van der Waals surface area contributed by atoms with Crippen molar-refractivity contribution in [2.24, 2.45) is 0 Å². The SMILES string of the molecule is O=C1C=CC2=c3ccccc3=C3CCCC1=C23. The van der Waals surface area contributed by atoms with Crippen molar-refractivity contribution in [3.05, 3.63) is 58.0 Å². The number of carbonyl (C=O) groups is 1. The molecule has 0 saturated heterocycles. The maximum Gasteiger partial charge on any atom is 0.182 e. The molecule has 0 amide bonds. The first-order valence-corrected chi connectivity index (χ1v) is 6.15. The fourth-order valence-corrected chi connectivity index (χ4v) is 3.26. The largest absolute Gasteiger partial charge is 0.290 e. The van der Waals surface area contributed by atoms with Crippen molar-refractivity contribution >= 4 is 16.9 Å². The van der Waals surface area contributed by atoms with Crippen molar-refractivity contribution in [2.75, 3.05) is 0 Å². The topological polar surface area (TPSA) is 17.1 Å². The van der Waals surface area contributed by atoms with Gasteiger partial charge in [-0.2, -0.15) is 0 Å². The van der Waals surface area contributed by atoms with Gasteiger partial charge in [0.2, 0.25) is 0 Å². The summed E-state index contributed by atoms with van der Waals surface area (Å²) in [6.45, 7) is 0. The first-order chi connectivity index (χ1) is 8.36. The van der Waals surface area contributed by atoms with E-state index in [0.29, 0.717) is 0 Å². The van der Waals surface area contributed by atoms with Crippen LogP contribution < -0.4 is 10.4 Å². The van der Waals surface area contributed by atoms with E-state index in [1.807, 2.05) is 6.08 Å². The van der Waals surface area contributed by atoms with Gasteiger partial charge in [0.1, 0.15) is 0 Å². The van der Waals surface area contributed by atoms with Gasteiger partial charge in [-0.1, -0.05) is 24.3 Å². The van der Waals surface area contributed by atoms with Crippen LogP contribution in [0.15, 0.2) is 47.6 Å². The number of ketones is 1. The molecule has 1 heteroatoms. The fourth-order valence-electron chi connectivity index (χ4n) is 3.26. The minimum Gasteiger partial charge on any atom is -0.290 e. The minimum atomic E-state index is 0.216. The highest BCUT2D eigenvalue weighted by atomic mass is 16.1. The van der Waals surface area contributed by atoms with Crippen LogP contribution in [0.2, 0.25) is 0 Å². The molecule has 0 atom stereocenters. The summed E-state index contributed by atoms with van der Waals surface area (Å²) >= 11 is 0. The van der Waals surface area contributed by atoms with E-state index in [1.165, 1.54) is 27.2 Å². The quantitative estimate of drug-likeness (QED) is 0.649. The summed E-state index contributed by atoms with van der Waals surface area (Å²) in [4.78, 5) is 11.9. The van der Waals surface area contributed by atoms with Gasteiger partial charge < -0.3 is 0 Å². The molecule has 4 rings (SSSR count). The number of allylic oxidation sites excluding steroid dienone is 4. The van der Waals surface area contributed by atoms with Crippen molar-refractivity contribution in [2.45, 2.75) is 19.3 Å². The third-order valence-electron chi connectivity index (χ3n) is 3.97. The van der Waals surface area contributed by atoms with E-state index in [-0.39, 0.29) is 5.78 Å². The van der Waals surface area contributed by atoms with Gasteiger partial charge in [0.25, 0.3) is 0 Å². The van der Waals surface area contributed by atoms with Crippen LogP contribution in [-0.2, 0) is 4.79 Å². The molecule has 82 valence electrons. The Labute approximate surface area is 99.5 Å². The zero-order valence-electron chi connectivity index (χ0n) is 9.49. The second-order valence-corrected chi connectivity index (χ2v) is 4.84. The van der Waals surface area contributed by atoms with Crippen LogP contribution in [0.3, 0.4) is 0 Å². The lowest BCUT2D eigenvalue weighted by Gasteiger charge is -2.22. The van der Waals surface area contributed by atoms with Gasteiger partial charge in [-0.05, 0) is 58.6 Å². The Morgan fingerprint density at radius 3 is 2.53 bits per heavy atom. The summed E-state index contributed by atoms with van der Waals surface area (Å²) < 4.78 is 0. The van der Waals surface area contributed by atoms with E-state index in [1.54, 1.807) is 6.08 Å². The molecule has 0 radical (unpaired) electrons. The standard InChI is InChI=1S/C16H12O/c17-15-9-8-13-11-5-2-1-4-10(11)12-6-3-7-14(15)16(12)13/h1-2,4-5,8-9H,3,6-7H2. The molecule has 0 N–H and O–H groups in total. The van der Waals surface area contributed by atoms with Crippen LogP contribution in [-0.4, -0.2) is 5.78 Å². The van der Waals surface area contributed by atoms with Crippen molar-refractivity contribution in [1.82, 2.24) is 0 Å². The van der Waals surface area contributed by atoms with Crippen molar-refractivity contribution in [1.29, 1.82) is 0 Å². The van der Waals surface area contributed by atoms with Crippen LogP contribution in [0.25, 0.3) is 11.1 Å². The highest BCUT2D eigenvalue weighted by molar-refractivity contribution is 6.15. The molecule has 0 saturated carbocycles. The summed E-state index contributed by atoms with van der Waals surface area (Å²) in [5.74, 6) is 0.216. The van der Waals surface area contributed by atoms with Gasteiger partial charge in [0, 0.05) is 5.57 Å². The number of carbonyl (C=O) groups excluding carboxylic acids is 1. The summed E-state index contributed by atoms with van der Waals surface area (Å²) in [5.41, 5.74) is 4.96. The lowest BCUT2D eigenvalue weighted by atomic mass is 9.81. The zero-order chi connectivity index (χ0) is 11.4. The molecule has 0 heterocycles. The molecular weight excluding hydrogens is 208 g/mol. The van der Waals surface area contributed by atoms with Gasteiger partial charge >= 0.3 is 0 Å². The van der Waals surface area contributed by atoms with Crippen molar-refractivity contribution in [3.8, 4) is 0 Å². The van der Waals surface area contributed by atoms with Gasteiger partial charge in [-0.15, -0.1) is 0 Å². The van der Waals surface area contributed by atoms with Gasteiger partial charge in [0.05, 0.1) is 0 Å². The summed E-state index contributed by atoms with van der Waals surface area (Å²) in [5, 5.41) is 2.65. The fraction of sp³-hybridized carbons (Fsp3) is 0.188. The summed E-state index contributed by atoms with van der Waals surface area (Å²) in [6, 6.07) is 8.52. The number of rotatable bonds is 0. The Kier molecular flexibility index (Phi) is 1.66. The van der Waals surface area contributed by atoms with Crippen LogP contribution in [0.1, 0.15) is 19.3 Å². The third-order valence-corrected chi connectivity index (χ3v) is 3.97. The van der Waals surface area contributed by atoms with E-state index in [9.17, 15) is 4.79 Å². The van der Waals surface area contributed by atoms with Gasteiger partial charge in [-0.3, -0.25) is 4.79 Å². The Bertz CT molecular complexity index is 729. The minimum absolute atomic E-state index is 0.216. The number of fused-ring (bicyclic) bond motifs is 1. The lowest BCUT2D eigenvalue weighted by Crippen LogP contribution is -2.23. The molecule has 0 spiro atoms. The van der Waals surface area contributed by atoms with Crippen molar-refractivity contribution in [3.63, 3.8) is 0 Å². The smallest absolute Gasteiger partial charge is 0.182 e.